The zero-order valence-corrected chi connectivity index (χ0v) is 42.5. The summed E-state index contributed by atoms with van der Waals surface area (Å²) in [6, 6.07) is 0. The third-order valence-corrected chi connectivity index (χ3v) is 11.7. The number of hydrogen-bond donors (Lipinski definition) is 0. The third kappa shape index (κ3) is 52.0. The fourth-order valence-corrected chi connectivity index (χ4v) is 7.61. The Balaban J connectivity index is 4.28. The van der Waals surface area contributed by atoms with E-state index < -0.39 is 6.10 Å². The molecule has 1 atom stereocenters. The molecule has 0 aromatic carbocycles. The molecule has 0 saturated carbocycles. The highest BCUT2D eigenvalue weighted by molar-refractivity contribution is 5.70. The van der Waals surface area contributed by atoms with Gasteiger partial charge in [-0.1, -0.05) is 216 Å². The van der Waals surface area contributed by atoms with Crippen LogP contribution in [0.4, 0.5) is 0 Å². The quantitative estimate of drug-likeness (QED) is 0.0346. The molecule has 0 radical (unpaired) electrons. The van der Waals surface area contributed by atoms with Crippen LogP contribution in [0.25, 0.3) is 0 Å². The van der Waals surface area contributed by atoms with E-state index >= 15 is 0 Å². The van der Waals surface area contributed by atoms with Gasteiger partial charge in [-0.05, 0) is 109 Å². The SMILES string of the molecule is CC/C=C\C/C=C\C/C=C\CCCCCCCC(=O)OC(COCCCCCCCC/C=C\CCCCCC)COC(=O)CCCCCCCCCCC/C=C\C/C=C\CCCCC. The summed E-state index contributed by atoms with van der Waals surface area (Å²) < 4.78 is 17.4. The van der Waals surface area contributed by atoms with Crippen LogP contribution < -0.4 is 0 Å². The van der Waals surface area contributed by atoms with Gasteiger partial charge in [0.25, 0.3) is 0 Å². The zero-order chi connectivity index (χ0) is 46.3. The Bertz CT molecular complexity index is 1150. The van der Waals surface area contributed by atoms with E-state index in [1.165, 1.54) is 154 Å². The molecule has 0 aromatic rings. The van der Waals surface area contributed by atoms with Crippen LogP contribution in [0.2, 0.25) is 0 Å². The first kappa shape index (κ1) is 61.3. The summed E-state index contributed by atoms with van der Waals surface area (Å²) >= 11 is 0. The molecule has 0 spiro atoms. The molecule has 1 unspecified atom stereocenters. The maximum atomic E-state index is 12.8. The average Bonchev–Trinajstić information content (AvgIpc) is 3.30. The maximum absolute atomic E-state index is 12.8. The van der Waals surface area contributed by atoms with E-state index in [1.54, 1.807) is 0 Å². The fraction of sp³-hybridized carbons (Fsp3) is 0.763. The summed E-state index contributed by atoms with van der Waals surface area (Å²) in [6.45, 7) is 7.67. The Morgan fingerprint density at radius 1 is 0.359 bits per heavy atom. The number of hydrogen-bond acceptors (Lipinski definition) is 5. The lowest BCUT2D eigenvalue weighted by Gasteiger charge is -2.18. The van der Waals surface area contributed by atoms with Crippen molar-refractivity contribution in [3.8, 4) is 0 Å². The first-order chi connectivity index (χ1) is 31.6. The molecule has 0 N–H and O–H groups in total. The minimum Gasteiger partial charge on any atom is -0.462 e. The first-order valence-corrected chi connectivity index (χ1v) is 27.5. The van der Waals surface area contributed by atoms with E-state index in [2.05, 4.69) is 93.7 Å². The largest absolute Gasteiger partial charge is 0.462 e. The number of rotatable bonds is 50. The molecule has 0 aromatic heterocycles. The predicted octanol–water partition coefficient (Wildman–Crippen LogP) is 18.7. The number of carbonyl (C=O) groups is 2. The van der Waals surface area contributed by atoms with Crippen molar-refractivity contribution in [3.63, 3.8) is 0 Å². The van der Waals surface area contributed by atoms with Crippen molar-refractivity contribution >= 4 is 11.9 Å². The fourth-order valence-electron chi connectivity index (χ4n) is 7.61. The van der Waals surface area contributed by atoms with Gasteiger partial charge >= 0.3 is 11.9 Å². The van der Waals surface area contributed by atoms with Gasteiger partial charge in [-0.25, -0.2) is 0 Å². The van der Waals surface area contributed by atoms with E-state index in [0.717, 1.165) is 77.0 Å². The minimum atomic E-state index is -0.552. The smallest absolute Gasteiger partial charge is 0.306 e. The molecule has 0 rings (SSSR count). The van der Waals surface area contributed by atoms with Gasteiger partial charge in [0.05, 0.1) is 6.61 Å². The summed E-state index contributed by atoms with van der Waals surface area (Å²) in [7, 11) is 0. The molecule has 0 amide bonds. The summed E-state index contributed by atoms with van der Waals surface area (Å²) in [4.78, 5) is 25.5. The van der Waals surface area contributed by atoms with Gasteiger partial charge in [0.1, 0.15) is 6.61 Å². The molecule has 0 aliphatic carbocycles. The van der Waals surface area contributed by atoms with Crippen LogP contribution in [0, 0.1) is 0 Å². The van der Waals surface area contributed by atoms with Gasteiger partial charge < -0.3 is 14.2 Å². The van der Waals surface area contributed by atoms with Crippen LogP contribution in [0.5, 0.6) is 0 Å². The van der Waals surface area contributed by atoms with E-state index in [4.69, 9.17) is 14.2 Å². The van der Waals surface area contributed by atoms with Crippen LogP contribution >= 0.6 is 0 Å². The Morgan fingerprint density at radius 2 is 0.703 bits per heavy atom. The predicted molar refractivity (Wildman–Crippen MR) is 279 cm³/mol. The summed E-state index contributed by atoms with van der Waals surface area (Å²) in [6.07, 6.45) is 70.5. The van der Waals surface area contributed by atoms with Crippen molar-refractivity contribution < 1.29 is 23.8 Å². The van der Waals surface area contributed by atoms with Gasteiger partial charge in [-0.2, -0.15) is 0 Å². The van der Waals surface area contributed by atoms with E-state index in [1.807, 2.05) is 0 Å². The Kier molecular flexibility index (Phi) is 52.4. The molecule has 0 bridgehead atoms. The van der Waals surface area contributed by atoms with Crippen molar-refractivity contribution in [3.05, 3.63) is 72.9 Å². The van der Waals surface area contributed by atoms with E-state index in [9.17, 15) is 9.59 Å². The highest BCUT2D eigenvalue weighted by Gasteiger charge is 2.17. The molecule has 0 aliphatic rings. The van der Waals surface area contributed by atoms with E-state index in [0.29, 0.717) is 19.4 Å². The first-order valence-electron chi connectivity index (χ1n) is 27.5. The van der Waals surface area contributed by atoms with E-state index in [-0.39, 0.29) is 25.2 Å². The Hall–Kier alpha value is -2.66. The molecule has 0 heterocycles. The summed E-state index contributed by atoms with van der Waals surface area (Å²) in [5, 5.41) is 0. The van der Waals surface area contributed by atoms with Crippen molar-refractivity contribution in [2.45, 2.75) is 271 Å². The molecular formula is C59H104O5. The van der Waals surface area contributed by atoms with Crippen molar-refractivity contribution in [2.24, 2.45) is 0 Å². The number of carbonyl (C=O) groups excluding carboxylic acids is 2. The lowest BCUT2D eigenvalue weighted by atomic mass is 10.1. The second-order valence-electron chi connectivity index (χ2n) is 18.1. The molecule has 0 fully saturated rings. The topological polar surface area (TPSA) is 61.8 Å². The Morgan fingerprint density at radius 3 is 1.17 bits per heavy atom. The van der Waals surface area contributed by atoms with Gasteiger partial charge in [0.2, 0.25) is 0 Å². The van der Waals surface area contributed by atoms with Gasteiger partial charge in [0, 0.05) is 19.4 Å². The lowest BCUT2D eigenvalue weighted by molar-refractivity contribution is -0.163. The number of unbranched alkanes of at least 4 members (excludes halogenated alkanes) is 27. The van der Waals surface area contributed by atoms with Crippen LogP contribution in [0.15, 0.2) is 72.9 Å². The van der Waals surface area contributed by atoms with Crippen LogP contribution in [0.3, 0.4) is 0 Å². The second kappa shape index (κ2) is 54.7. The van der Waals surface area contributed by atoms with Gasteiger partial charge in [0.15, 0.2) is 6.10 Å². The minimum absolute atomic E-state index is 0.0724. The van der Waals surface area contributed by atoms with Crippen LogP contribution in [-0.4, -0.2) is 37.9 Å². The van der Waals surface area contributed by atoms with Crippen molar-refractivity contribution in [2.75, 3.05) is 19.8 Å². The highest BCUT2D eigenvalue weighted by Crippen LogP contribution is 2.14. The summed E-state index contributed by atoms with van der Waals surface area (Å²) in [5.74, 6) is -0.419. The zero-order valence-electron chi connectivity index (χ0n) is 42.5. The molecule has 0 saturated heterocycles. The highest BCUT2D eigenvalue weighted by atomic mass is 16.6. The van der Waals surface area contributed by atoms with Crippen molar-refractivity contribution in [1.29, 1.82) is 0 Å². The molecule has 64 heavy (non-hydrogen) atoms. The lowest BCUT2D eigenvalue weighted by Crippen LogP contribution is -2.30. The maximum Gasteiger partial charge on any atom is 0.306 e. The molecular weight excluding hydrogens is 789 g/mol. The number of esters is 2. The van der Waals surface area contributed by atoms with Crippen LogP contribution in [0.1, 0.15) is 265 Å². The molecule has 370 valence electrons. The number of ether oxygens (including phenoxy) is 3. The molecule has 5 heteroatoms. The van der Waals surface area contributed by atoms with Crippen molar-refractivity contribution in [1.82, 2.24) is 0 Å². The standard InChI is InChI=1S/C59H104O5/c1-4-7-10-13-16-19-22-25-28-29-30-31-33-34-37-40-43-46-49-52-58(60)63-56-57(55-62-54-51-48-45-42-39-36-27-24-21-18-15-12-9-6-3)64-59(61)53-50-47-44-41-38-35-32-26-23-20-17-14-11-8-5-2/h8,11,16-17,19-21,24-26,28,32,57H,4-7,9-10,12-15,18,22-23,27,29-31,33-56H2,1-3H3/b11-8-,19-16-,20-17-,24-21-,28-25-,32-26-. The second-order valence-corrected chi connectivity index (χ2v) is 18.1. The average molecular weight is 893 g/mol. The molecule has 5 nitrogen and oxygen atoms in total. The number of allylic oxidation sites excluding steroid dienone is 12. The third-order valence-electron chi connectivity index (χ3n) is 11.7. The van der Waals surface area contributed by atoms with Gasteiger partial charge in [-0.3, -0.25) is 9.59 Å². The molecule has 0 aliphatic heterocycles. The van der Waals surface area contributed by atoms with Crippen LogP contribution in [-0.2, 0) is 23.8 Å². The summed E-state index contributed by atoms with van der Waals surface area (Å²) in [5.41, 5.74) is 0. The Labute approximate surface area is 397 Å². The van der Waals surface area contributed by atoms with Gasteiger partial charge in [-0.15, -0.1) is 0 Å². The normalized spacial score (nSPS) is 12.7. The monoisotopic (exact) mass is 893 g/mol.